The van der Waals surface area contributed by atoms with Gasteiger partial charge in [0.15, 0.2) is 0 Å². The van der Waals surface area contributed by atoms with Crippen LogP contribution in [0.5, 0.6) is 0 Å². The summed E-state index contributed by atoms with van der Waals surface area (Å²) in [6.07, 6.45) is 11.4. The van der Waals surface area contributed by atoms with E-state index in [1.54, 1.807) is 0 Å². The highest BCUT2D eigenvalue weighted by atomic mass is 16.5. The van der Waals surface area contributed by atoms with Crippen molar-refractivity contribution in [2.24, 2.45) is 0 Å². The van der Waals surface area contributed by atoms with E-state index in [1.807, 2.05) is 0 Å². The molecule has 0 aromatic rings. The SMILES string of the molecule is CCCCCCCCCCOCCCOC(C)=O. The maximum absolute atomic E-state index is 10.5. The molecule has 0 spiro atoms. The fourth-order valence-electron chi connectivity index (χ4n) is 1.82. The second-order valence-corrected chi connectivity index (χ2v) is 4.78. The minimum absolute atomic E-state index is 0.210. The molecule has 0 atom stereocenters. The van der Waals surface area contributed by atoms with Gasteiger partial charge < -0.3 is 9.47 Å². The van der Waals surface area contributed by atoms with Gasteiger partial charge in [-0.1, -0.05) is 51.9 Å². The van der Waals surface area contributed by atoms with Crippen molar-refractivity contribution in [1.29, 1.82) is 0 Å². The third-order valence-corrected chi connectivity index (χ3v) is 2.88. The van der Waals surface area contributed by atoms with Crippen LogP contribution in [0.1, 0.15) is 71.6 Å². The van der Waals surface area contributed by atoms with E-state index in [2.05, 4.69) is 6.92 Å². The van der Waals surface area contributed by atoms with Crippen LogP contribution in [0.2, 0.25) is 0 Å². The second-order valence-electron chi connectivity index (χ2n) is 4.78. The first-order chi connectivity index (χ1) is 8.77. The van der Waals surface area contributed by atoms with Gasteiger partial charge in [-0.15, -0.1) is 0 Å². The van der Waals surface area contributed by atoms with E-state index in [-0.39, 0.29) is 5.97 Å². The number of unbranched alkanes of at least 4 members (excludes halogenated alkanes) is 7. The lowest BCUT2D eigenvalue weighted by Crippen LogP contribution is -2.05. The van der Waals surface area contributed by atoms with Crippen LogP contribution in [0.15, 0.2) is 0 Å². The van der Waals surface area contributed by atoms with Gasteiger partial charge in [0, 0.05) is 26.6 Å². The van der Waals surface area contributed by atoms with Gasteiger partial charge in [0.2, 0.25) is 0 Å². The molecule has 0 saturated carbocycles. The number of esters is 1. The number of carbonyl (C=O) groups excluding carboxylic acids is 1. The lowest BCUT2D eigenvalue weighted by molar-refractivity contribution is -0.141. The molecule has 108 valence electrons. The zero-order valence-electron chi connectivity index (χ0n) is 12.2. The van der Waals surface area contributed by atoms with Gasteiger partial charge >= 0.3 is 5.97 Å². The molecule has 0 fully saturated rings. The summed E-state index contributed by atoms with van der Waals surface area (Å²) in [5, 5.41) is 0. The molecule has 3 nitrogen and oxygen atoms in total. The molecule has 0 aliphatic rings. The molecule has 0 saturated heterocycles. The van der Waals surface area contributed by atoms with Gasteiger partial charge in [0.25, 0.3) is 0 Å². The Labute approximate surface area is 112 Å². The lowest BCUT2D eigenvalue weighted by atomic mass is 10.1. The Morgan fingerprint density at radius 1 is 0.778 bits per heavy atom. The Bertz CT molecular complexity index is 181. The van der Waals surface area contributed by atoms with Crippen molar-refractivity contribution >= 4 is 5.97 Å². The van der Waals surface area contributed by atoms with Crippen LogP contribution < -0.4 is 0 Å². The van der Waals surface area contributed by atoms with E-state index >= 15 is 0 Å². The normalized spacial score (nSPS) is 10.6. The monoisotopic (exact) mass is 258 g/mol. The van der Waals surface area contributed by atoms with Crippen molar-refractivity contribution in [3.05, 3.63) is 0 Å². The Morgan fingerprint density at radius 2 is 1.33 bits per heavy atom. The number of hydrogen-bond donors (Lipinski definition) is 0. The average Bonchev–Trinajstić information content (AvgIpc) is 2.34. The number of ether oxygens (including phenoxy) is 2. The fourth-order valence-corrected chi connectivity index (χ4v) is 1.82. The summed E-state index contributed by atoms with van der Waals surface area (Å²) in [7, 11) is 0. The zero-order chi connectivity index (χ0) is 13.5. The predicted octanol–water partition coefficient (Wildman–Crippen LogP) is 4.10. The molecule has 0 unspecified atom stereocenters. The quantitative estimate of drug-likeness (QED) is 0.368. The number of carbonyl (C=O) groups is 1. The van der Waals surface area contributed by atoms with E-state index in [0.29, 0.717) is 13.2 Å². The van der Waals surface area contributed by atoms with Crippen molar-refractivity contribution < 1.29 is 14.3 Å². The molecule has 0 N–H and O–H groups in total. The van der Waals surface area contributed by atoms with Crippen LogP contribution in [0.4, 0.5) is 0 Å². The molecule has 0 aliphatic carbocycles. The van der Waals surface area contributed by atoms with Crippen LogP contribution >= 0.6 is 0 Å². The summed E-state index contributed by atoms with van der Waals surface area (Å²) in [5.74, 6) is -0.210. The predicted molar refractivity (Wildman–Crippen MR) is 74.7 cm³/mol. The van der Waals surface area contributed by atoms with E-state index in [9.17, 15) is 4.79 Å². The van der Waals surface area contributed by atoms with Crippen molar-refractivity contribution in [1.82, 2.24) is 0 Å². The van der Waals surface area contributed by atoms with Crippen molar-refractivity contribution in [3.63, 3.8) is 0 Å². The van der Waals surface area contributed by atoms with Crippen molar-refractivity contribution in [2.45, 2.75) is 71.6 Å². The van der Waals surface area contributed by atoms with Crippen LogP contribution in [0.25, 0.3) is 0 Å². The standard InChI is InChI=1S/C15H30O3/c1-3-4-5-6-7-8-9-10-12-17-13-11-14-18-15(2)16/h3-14H2,1-2H3. The smallest absolute Gasteiger partial charge is 0.302 e. The summed E-state index contributed by atoms with van der Waals surface area (Å²) >= 11 is 0. The van der Waals surface area contributed by atoms with Gasteiger partial charge in [0.1, 0.15) is 0 Å². The van der Waals surface area contributed by atoms with Gasteiger partial charge in [-0.25, -0.2) is 0 Å². The van der Waals surface area contributed by atoms with Gasteiger partial charge in [-0.2, -0.15) is 0 Å². The highest BCUT2D eigenvalue weighted by Crippen LogP contribution is 2.08. The Balaban J connectivity index is 2.92. The van der Waals surface area contributed by atoms with Crippen LogP contribution in [-0.2, 0) is 14.3 Å². The summed E-state index contributed by atoms with van der Waals surface area (Å²) in [6, 6.07) is 0. The molecule has 3 heteroatoms. The first-order valence-corrected chi connectivity index (χ1v) is 7.48. The minimum atomic E-state index is -0.210. The van der Waals surface area contributed by atoms with Crippen molar-refractivity contribution in [2.75, 3.05) is 19.8 Å². The maximum atomic E-state index is 10.5. The van der Waals surface area contributed by atoms with Gasteiger partial charge in [-0.05, 0) is 6.42 Å². The van der Waals surface area contributed by atoms with Crippen molar-refractivity contribution in [3.8, 4) is 0 Å². The lowest BCUT2D eigenvalue weighted by Gasteiger charge is -2.04. The van der Waals surface area contributed by atoms with Crippen LogP contribution in [-0.4, -0.2) is 25.8 Å². The number of hydrogen-bond acceptors (Lipinski definition) is 3. The summed E-state index contributed by atoms with van der Waals surface area (Å²) < 4.78 is 10.3. The zero-order valence-corrected chi connectivity index (χ0v) is 12.2. The van der Waals surface area contributed by atoms with Crippen LogP contribution in [0, 0.1) is 0 Å². The Kier molecular flexibility index (Phi) is 14.0. The molecule has 0 bridgehead atoms. The molecule has 0 aliphatic heterocycles. The molecule has 0 heterocycles. The van der Waals surface area contributed by atoms with E-state index in [0.717, 1.165) is 19.4 Å². The Hall–Kier alpha value is -0.570. The summed E-state index contributed by atoms with van der Waals surface area (Å²) in [6.45, 7) is 5.70. The Morgan fingerprint density at radius 3 is 1.94 bits per heavy atom. The topological polar surface area (TPSA) is 35.5 Å². The third kappa shape index (κ3) is 15.4. The molecular weight excluding hydrogens is 228 g/mol. The van der Waals surface area contributed by atoms with Crippen LogP contribution in [0.3, 0.4) is 0 Å². The van der Waals surface area contributed by atoms with Gasteiger partial charge in [-0.3, -0.25) is 4.79 Å². The first-order valence-electron chi connectivity index (χ1n) is 7.48. The number of rotatable bonds is 13. The molecule has 0 amide bonds. The molecule has 18 heavy (non-hydrogen) atoms. The first kappa shape index (κ1) is 17.4. The van der Waals surface area contributed by atoms with E-state index in [1.165, 1.54) is 51.9 Å². The van der Waals surface area contributed by atoms with Gasteiger partial charge in [0.05, 0.1) is 6.61 Å². The second kappa shape index (κ2) is 14.5. The maximum Gasteiger partial charge on any atom is 0.302 e. The summed E-state index contributed by atoms with van der Waals surface area (Å²) in [4.78, 5) is 10.5. The molecule has 0 aromatic carbocycles. The minimum Gasteiger partial charge on any atom is -0.466 e. The average molecular weight is 258 g/mol. The molecular formula is C15H30O3. The largest absolute Gasteiger partial charge is 0.466 e. The highest BCUT2D eigenvalue weighted by Gasteiger charge is 1.94. The highest BCUT2D eigenvalue weighted by molar-refractivity contribution is 5.65. The molecule has 0 rings (SSSR count). The fraction of sp³-hybridized carbons (Fsp3) is 0.933. The third-order valence-electron chi connectivity index (χ3n) is 2.88. The van der Waals surface area contributed by atoms with E-state index in [4.69, 9.17) is 9.47 Å². The summed E-state index contributed by atoms with van der Waals surface area (Å²) in [5.41, 5.74) is 0. The van der Waals surface area contributed by atoms with E-state index < -0.39 is 0 Å². The molecule has 0 aromatic heterocycles. The molecule has 0 radical (unpaired) electrons.